The number of hydrogen-bond donors (Lipinski definition) is 2. The van der Waals surface area contributed by atoms with E-state index in [1.807, 2.05) is 30.5 Å². The summed E-state index contributed by atoms with van der Waals surface area (Å²) in [5.74, 6) is 0. The van der Waals surface area contributed by atoms with Crippen molar-refractivity contribution in [1.29, 1.82) is 0 Å². The van der Waals surface area contributed by atoms with Crippen LogP contribution in [0.3, 0.4) is 0 Å². The van der Waals surface area contributed by atoms with Crippen molar-refractivity contribution in [3.05, 3.63) is 59.2 Å². The summed E-state index contributed by atoms with van der Waals surface area (Å²) in [5, 5.41) is 7.88. The zero-order chi connectivity index (χ0) is 18.4. The topological polar surface area (TPSA) is 39.7 Å². The number of nitrogens with one attached hydrogen (secondary N) is 2. The molecule has 0 unspecified atom stereocenters. The molecule has 0 atom stereocenters. The molecule has 136 valence electrons. The largest absolute Gasteiger partial charge is 0.371 e. The first-order chi connectivity index (χ1) is 12.7. The van der Waals surface area contributed by atoms with Gasteiger partial charge in [-0.1, -0.05) is 30.7 Å². The molecule has 5 heteroatoms. The lowest BCUT2D eigenvalue weighted by molar-refractivity contribution is 0.681. The minimum Gasteiger partial charge on any atom is -0.371 e. The van der Waals surface area contributed by atoms with Gasteiger partial charge in [-0.15, -0.1) is 0 Å². The molecule has 1 aliphatic heterocycles. The highest BCUT2D eigenvalue weighted by atomic mass is 32.1. The Kier molecular flexibility index (Phi) is 6.23. The minimum atomic E-state index is 0.484. The smallest absolute Gasteiger partial charge is 0.191 e. The molecule has 0 saturated heterocycles. The van der Waals surface area contributed by atoms with Gasteiger partial charge in [0.1, 0.15) is 0 Å². The lowest BCUT2D eigenvalue weighted by atomic mass is 9.99. The maximum absolute atomic E-state index is 5.28. The van der Waals surface area contributed by atoms with Gasteiger partial charge in [-0.3, -0.25) is 5.43 Å². The van der Waals surface area contributed by atoms with Crippen molar-refractivity contribution in [2.75, 3.05) is 23.3 Å². The van der Waals surface area contributed by atoms with Crippen molar-refractivity contribution < 1.29 is 0 Å². The molecule has 2 aromatic carbocycles. The second kappa shape index (κ2) is 8.81. The van der Waals surface area contributed by atoms with E-state index in [1.54, 1.807) is 0 Å². The minimum absolute atomic E-state index is 0.484. The van der Waals surface area contributed by atoms with Gasteiger partial charge in [0.15, 0.2) is 5.11 Å². The summed E-state index contributed by atoms with van der Waals surface area (Å²) in [5.41, 5.74) is 8.93. The average Bonchev–Trinajstić information content (AvgIpc) is 2.64. The molecule has 0 bridgehead atoms. The highest BCUT2D eigenvalue weighted by Crippen LogP contribution is 2.27. The second-order valence-corrected chi connectivity index (χ2v) is 7.08. The van der Waals surface area contributed by atoms with Gasteiger partial charge in [0.2, 0.25) is 0 Å². The number of hydrazone groups is 1. The van der Waals surface area contributed by atoms with Crippen LogP contribution in [0.2, 0.25) is 0 Å². The standard InChI is InChI=1S/C21H26N4S/c1-3-12-25-13-4-5-18-14-17(8-11-20(18)25)15-22-24-21(26)23-19-9-6-16(2)7-10-19/h6-11,14-15H,3-5,12-13H2,1-2H3,(H2,23,24,26). The van der Waals surface area contributed by atoms with E-state index in [4.69, 9.17) is 12.2 Å². The molecule has 26 heavy (non-hydrogen) atoms. The quantitative estimate of drug-likeness (QED) is 0.465. The Labute approximate surface area is 161 Å². The summed E-state index contributed by atoms with van der Waals surface area (Å²) in [4.78, 5) is 2.48. The van der Waals surface area contributed by atoms with Crippen LogP contribution in [0.25, 0.3) is 0 Å². The van der Waals surface area contributed by atoms with Crippen LogP contribution in [-0.2, 0) is 6.42 Å². The van der Waals surface area contributed by atoms with Crippen LogP contribution >= 0.6 is 12.2 Å². The Morgan fingerprint density at radius 3 is 2.81 bits per heavy atom. The predicted molar refractivity (Wildman–Crippen MR) is 115 cm³/mol. The number of anilines is 2. The maximum Gasteiger partial charge on any atom is 0.191 e. The van der Waals surface area contributed by atoms with Crippen LogP contribution in [0.15, 0.2) is 47.6 Å². The van der Waals surface area contributed by atoms with E-state index in [1.165, 1.54) is 29.7 Å². The number of nitrogens with zero attached hydrogens (tertiary/aromatic N) is 2. The van der Waals surface area contributed by atoms with Gasteiger partial charge in [-0.2, -0.15) is 5.10 Å². The van der Waals surface area contributed by atoms with Gasteiger partial charge in [-0.25, -0.2) is 0 Å². The van der Waals surface area contributed by atoms with E-state index in [0.29, 0.717) is 5.11 Å². The number of rotatable bonds is 5. The summed E-state index contributed by atoms with van der Waals surface area (Å²) in [6, 6.07) is 14.7. The van der Waals surface area contributed by atoms with Crippen molar-refractivity contribution in [1.82, 2.24) is 5.43 Å². The van der Waals surface area contributed by atoms with Gasteiger partial charge >= 0.3 is 0 Å². The molecule has 0 aromatic heterocycles. The molecule has 0 fully saturated rings. The first-order valence-corrected chi connectivity index (χ1v) is 9.61. The summed E-state index contributed by atoms with van der Waals surface area (Å²) in [7, 11) is 0. The van der Waals surface area contributed by atoms with Gasteiger partial charge < -0.3 is 10.2 Å². The van der Waals surface area contributed by atoms with Crippen molar-refractivity contribution in [2.24, 2.45) is 5.10 Å². The zero-order valence-electron chi connectivity index (χ0n) is 15.5. The van der Waals surface area contributed by atoms with Gasteiger partial charge in [-0.05, 0) is 73.8 Å². The number of thiocarbonyl (C=S) groups is 1. The zero-order valence-corrected chi connectivity index (χ0v) is 16.3. The molecular weight excluding hydrogens is 340 g/mol. The molecule has 0 spiro atoms. The third kappa shape index (κ3) is 4.82. The molecule has 3 rings (SSSR count). The van der Waals surface area contributed by atoms with Gasteiger partial charge in [0, 0.05) is 24.5 Å². The monoisotopic (exact) mass is 366 g/mol. The van der Waals surface area contributed by atoms with Crippen molar-refractivity contribution >= 4 is 34.9 Å². The fourth-order valence-corrected chi connectivity index (χ4v) is 3.41. The number of aryl methyl sites for hydroxylation is 2. The Hall–Kier alpha value is -2.40. The van der Waals surface area contributed by atoms with E-state index in [0.717, 1.165) is 30.8 Å². The van der Waals surface area contributed by atoms with Crippen LogP contribution < -0.4 is 15.6 Å². The normalized spacial score (nSPS) is 13.5. The van der Waals surface area contributed by atoms with Crippen molar-refractivity contribution in [3.8, 4) is 0 Å². The molecule has 0 amide bonds. The summed E-state index contributed by atoms with van der Waals surface area (Å²) >= 11 is 5.28. The molecule has 1 heterocycles. The van der Waals surface area contributed by atoms with Crippen LogP contribution in [0, 0.1) is 6.92 Å². The molecule has 1 aliphatic rings. The number of hydrogen-bond acceptors (Lipinski definition) is 3. The molecule has 0 radical (unpaired) electrons. The lowest BCUT2D eigenvalue weighted by Crippen LogP contribution is -2.30. The first-order valence-electron chi connectivity index (χ1n) is 9.20. The van der Waals surface area contributed by atoms with Gasteiger partial charge in [0.25, 0.3) is 0 Å². The van der Waals surface area contributed by atoms with Crippen LogP contribution in [0.4, 0.5) is 11.4 Å². The molecule has 0 saturated carbocycles. The maximum atomic E-state index is 5.28. The number of fused-ring (bicyclic) bond motifs is 1. The Bertz CT molecular complexity index is 783. The Morgan fingerprint density at radius 2 is 2.04 bits per heavy atom. The van der Waals surface area contributed by atoms with Gasteiger partial charge in [0.05, 0.1) is 6.21 Å². The number of benzene rings is 2. The third-order valence-electron chi connectivity index (χ3n) is 4.50. The van der Waals surface area contributed by atoms with E-state index >= 15 is 0 Å². The molecule has 2 N–H and O–H groups in total. The average molecular weight is 367 g/mol. The molecule has 2 aromatic rings. The van der Waals surface area contributed by atoms with Crippen molar-refractivity contribution in [3.63, 3.8) is 0 Å². The fraction of sp³-hybridized carbons (Fsp3) is 0.333. The first kappa shape index (κ1) is 18.4. The highest BCUT2D eigenvalue weighted by molar-refractivity contribution is 7.80. The van der Waals surface area contributed by atoms with Crippen LogP contribution in [0.1, 0.15) is 36.5 Å². The van der Waals surface area contributed by atoms with E-state index in [-0.39, 0.29) is 0 Å². The summed E-state index contributed by atoms with van der Waals surface area (Å²) < 4.78 is 0. The molecule has 4 nitrogen and oxygen atoms in total. The SMILES string of the molecule is CCCN1CCCc2cc(C=NNC(=S)Nc3ccc(C)cc3)ccc21. The third-order valence-corrected chi connectivity index (χ3v) is 4.69. The summed E-state index contributed by atoms with van der Waals surface area (Å²) in [6.45, 7) is 6.58. The van der Waals surface area contributed by atoms with E-state index < -0.39 is 0 Å². The van der Waals surface area contributed by atoms with Crippen molar-refractivity contribution in [2.45, 2.75) is 33.1 Å². The second-order valence-electron chi connectivity index (χ2n) is 6.67. The fourth-order valence-electron chi connectivity index (χ4n) is 3.24. The van der Waals surface area contributed by atoms with Crippen LogP contribution in [0.5, 0.6) is 0 Å². The molecule has 0 aliphatic carbocycles. The predicted octanol–water partition coefficient (Wildman–Crippen LogP) is 4.48. The molecular formula is C21H26N4S. The summed E-state index contributed by atoms with van der Waals surface area (Å²) in [6.07, 6.45) is 5.36. The Balaban J connectivity index is 1.58. The van der Waals surface area contributed by atoms with E-state index in [9.17, 15) is 0 Å². The lowest BCUT2D eigenvalue weighted by Gasteiger charge is -2.31. The van der Waals surface area contributed by atoms with Crippen LogP contribution in [-0.4, -0.2) is 24.4 Å². The van der Waals surface area contributed by atoms with E-state index in [2.05, 4.69) is 52.8 Å². The Morgan fingerprint density at radius 1 is 1.23 bits per heavy atom. The highest BCUT2D eigenvalue weighted by Gasteiger charge is 2.15.